The number of hydrogen-bond acceptors (Lipinski definition) is 4. The van der Waals surface area contributed by atoms with E-state index < -0.39 is 0 Å². The lowest BCUT2D eigenvalue weighted by Crippen LogP contribution is -2.35. The predicted octanol–water partition coefficient (Wildman–Crippen LogP) is 4.01. The second kappa shape index (κ2) is 11.0. The van der Waals surface area contributed by atoms with E-state index >= 15 is 0 Å². The third kappa shape index (κ3) is 6.56. The summed E-state index contributed by atoms with van der Waals surface area (Å²) >= 11 is 0. The van der Waals surface area contributed by atoms with Crippen molar-refractivity contribution >= 4 is 0 Å². The predicted molar refractivity (Wildman–Crippen MR) is 113 cm³/mol. The minimum atomic E-state index is 0.401. The molecule has 2 atom stereocenters. The first-order valence-electron chi connectivity index (χ1n) is 9.95. The summed E-state index contributed by atoms with van der Waals surface area (Å²) in [4.78, 5) is 0. The summed E-state index contributed by atoms with van der Waals surface area (Å²) in [6.07, 6.45) is 4.34. The van der Waals surface area contributed by atoms with E-state index in [1.54, 1.807) is 13.2 Å². The summed E-state index contributed by atoms with van der Waals surface area (Å²) in [5, 5.41) is 13.1. The molecule has 0 amide bonds. The molecule has 0 aromatic heterocycles. The van der Waals surface area contributed by atoms with Gasteiger partial charge >= 0.3 is 0 Å². The molecule has 148 valence electrons. The summed E-state index contributed by atoms with van der Waals surface area (Å²) in [7, 11) is 1.66. The van der Waals surface area contributed by atoms with E-state index in [0.29, 0.717) is 24.3 Å². The van der Waals surface area contributed by atoms with Crippen molar-refractivity contribution in [2.45, 2.75) is 51.5 Å². The lowest BCUT2D eigenvalue weighted by molar-refractivity contribution is 0.378. The number of methoxy groups -OCH3 is 1. The van der Waals surface area contributed by atoms with Crippen LogP contribution in [0.4, 0.5) is 0 Å². The van der Waals surface area contributed by atoms with Crippen LogP contribution in [0.2, 0.25) is 0 Å². The van der Waals surface area contributed by atoms with E-state index in [1.807, 2.05) is 30.3 Å². The van der Waals surface area contributed by atoms with E-state index in [4.69, 9.17) is 10.5 Å². The van der Waals surface area contributed by atoms with Crippen LogP contribution in [0.25, 0.3) is 0 Å². The average Bonchev–Trinajstić information content (AvgIpc) is 2.69. The molecular formula is C23H34N2O2. The van der Waals surface area contributed by atoms with Crippen LogP contribution >= 0.6 is 0 Å². The SMILES string of the molecule is CCc1ccc(O)cc1C1CCNC(C)C1.COc1ccc(CCN)cc1. The molecule has 0 saturated carbocycles. The Morgan fingerprint density at radius 3 is 2.52 bits per heavy atom. The molecule has 4 N–H and O–H groups in total. The fourth-order valence-electron chi connectivity index (χ4n) is 3.66. The normalized spacial score (nSPS) is 19.1. The summed E-state index contributed by atoms with van der Waals surface area (Å²) in [5.41, 5.74) is 9.40. The number of hydrogen-bond donors (Lipinski definition) is 3. The zero-order valence-corrected chi connectivity index (χ0v) is 16.9. The van der Waals surface area contributed by atoms with Crippen LogP contribution < -0.4 is 15.8 Å². The number of rotatable bonds is 5. The number of phenolic OH excluding ortho intramolecular Hbond substituents is 1. The number of ether oxygens (including phenoxy) is 1. The van der Waals surface area contributed by atoms with E-state index in [0.717, 1.165) is 25.1 Å². The van der Waals surface area contributed by atoms with Gasteiger partial charge in [-0.3, -0.25) is 0 Å². The minimum absolute atomic E-state index is 0.401. The molecule has 2 aromatic rings. The Morgan fingerprint density at radius 2 is 1.93 bits per heavy atom. The van der Waals surface area contributed by atoms with E-state index in [1.165, 1.54) is 29.5 Å². The van der Waals surface area contributed by atoms with Crippen molar-refractivity contribution in [3.8, 4) is 11.5 Å². The van der Waals surface area contributed by atoms with Gasteiger partial charge in [-0.15, -0.1) is 0 Å². The maximum atomic E-state index is 9.61. The van der Waals surface area contributed by atoms with Crippen LogP contribution in [-0.2, 0) is 12.8 Å². The maximum Gasteiger partial charge on any atom is 0.118 e. The van der Waals surface area contributed by atoms with Gasteiger partial charge in [-0.05, 0) is 92.6 Å². The largest absolute Gasteiger partial charge is 0.508 e. The third-order valence-electron chi connectivity index (χ3n) is 5.17. The second-order valence-corrected chi connectivity index (χ2v) is 7.20. The van der Waals surface area contributed by atoms with Crippen molar-refractivity contribution in [3.05, 3.63) is 59.2 Å². The smallest absolute Gasteiger partial charge is 0.118 e. The van der Waals surface area contributed by atoms with Gasteiger partial charge in [0.1, 0.15) is 11.5 Å². The second-order valence-electron chi connectivity index (χ2n) is 7.20. The molecule has 1 aliphatic heterocycles. The average molecular weight is 371 g/mol. The number of nitrogens with one attached hydrogen (secondary N) is 1. The zero-order chi connectivity index (χ0) is 19.6. The van der Waals surface area contributed by atoms with Crippen LogP contribution in [0.5, 0.6) is 11.5 Å². The van der Waals surface area contributed by atoms with Gasteiger partial charge in [-0.2, -0.15) is 0 Å². The highest BCUT2D eigenvalue weighted by Gasteiger charge is 2.21. The highest BCUT2D eigenvalue weighted by Crippen LogP contribution is 2.32. The molecule has 0 aliphatic carbocycles. The Kier molecular flexibility index (Phi) is 8.62. The fourth-order valence-corrected chi connectivity index (χ4v) is 3.66. The number of aromatic hydroxyl groups is 1. The Labute approximate surface area is 163 Å². The van der Waals surface area contributed by atoms with Crippen molar-refractivity contribution in [2.24, 2.45) is 5.73 Å². The first-order valence-corrected chi connectivity index (χ1v) is 9.95. The topological polar surface area (TPSA) is 67.5 Å². The van der Waals surface area contributed by atoms with Crippen LogP contribution in [0.3, 0.4) is 0 Å². The van der Waals surface area contributed by atoms with Crippen molar-refractivity contribution in [1.82, 2.24) is 5.32 Å². The molecule has 0 spiro atoms. The van der Waals surface area contributed by atoms with Gasteiger partial charge in [0.05, 0.1) is 7.11 Å². The highest BCUT2D eigenvalue weighted by molar-refractivity contribution is 5.37. The number of nitrogens with two attached hydrogens (primary N) is 1. The Hall–Kier alpha value is -2.04. The molecule has 27 heavy (non-hydrogen) atoms. The quantitative estimate of drug-likeness (QED) is 0.744. The van der Waals surface area contributed by atoms with Crippen molar-refractivity contribution < 1.29 is 9.84 Å². The minimum Gasteiger partial charge on any atom is -0.508 e. The van der Waals surface area contributed by atoms with E-state index in [2.05, 4.69) is 25.2 Å². The van der Waals surface area contributed by atoms with Crippen molar-refractivity contribution in [3.63, 3.8) is 0 Å². The summed E-state index contributed by atoms with van der Waals surface area (Å²) < 4.78 is 5.02. The van der Waals surface area contributed by atoms with Gasteiger partial charge < -0.3 is 20.9 Å². The van der Waals surface area contributed by atoms with E-state index in [9.17, 15) is 5.11 Å². The molecule has 3 rings (SSSR count). The molecular weight excluding hydrogens is 336 g/mol. The zero-order valence-electron chi connectivity index (χ0n) is 16.9. The summed E-state index contributed by atoms with van der Waals surface area (Å²) in [5.74, 6) is 1.91. The summed E-state index contributed by atoms with van der Waals surface area (Å²) in [6.45, 7) is 6.21. The molecule has 4 nitrogen and oxygen atoms in total. The highest BCUT2D eigenvalue weighted by atomic mass is 16.5. The molecule has 2 aromatic carbocycles. The number of phenols is 1. The number of benzene rings is 2. The maximum absolute atomic E-state index is 9.61. The molecule has 1 aliphatic rings. The van der Waals surface area contributed by atoms with Gasteiger partial charge in [0, 0.05) is 6.04 Å². The molecule has 1 saturated heterocycles. The van der Waals surface area contributed by atoms with Crippen molar-refractivity contribution in [2.75, 3.05) is 20.2 Å². The lowest BCUT2D eigenvalue weighted by atomic mass is 9.84. The van der Waals surface area contributed by atoms with Gasteiger partial charge in [0.25, 0.3) is 0 Å². The standard InChI is InChI=1S/C14H21NO.C9H13NO/c1-3-11-4-5-13(16)9-14(11)12-6-7-15-10(2)8-12;1-11-9-4-2-8(3-5-9)6-7-10/h4-5,9-10,12,15-16H,3,6-8H2,1-2H3;2-5H,6-7,10H2,1H3. The molecule has 0 bridgehead atoms. The first kappa shape index (κ1) is 21.3. The molecule has 0 radical (unpaired) electrons. The lowest BCUT2D eigenvalue weighted by Gasteiger charge is -2.29. The van der Waals surface area contributed by atoms with Crippen LogP contribution in [-0.4, -0.2) is 31.3 Å². The van der Waals surface area contributed by atoms with Crippen molar-refractivity contribution in [1.29, 1.82) is 0 Å². The molecule has 4 heteroatoms. The third-order valence-corrected chi connectivity index (χ3v) is 5.17. The number of piperidine rings is 1. The molecule has 1 fully saturated rings. The first-order chi connectivity index (χ1) is 13.1. The Bertz CT molecular complexity index is 685. The monoisotopic (exact) mass is 370 g/mol. The van der Waals surface area contributed by atoms with Crippen LogP contribution in [0, 0.1) is 0 Å². The molecule has 2 unspecified atom stereocenters. The van der Waals surface area contributed by atoms with Crippen LogP contribution in [0.1, 0.15) is 49.3 Å². The van der Waals surface area contributed by atoms with Gasteiger partial charge in [-0.1, -0.05) is 25.1 Å². The Balaban J connectivity index is 0.000000208. The van der Waals surface area contributed by atoms with Gasteiger partial charge in [-0.25, -0.2) is 0 Å². The Morgan fingerprint density at radius 1 is 1.19 bits per heavy atom. The van der Waals surface area contributed by atoms with Gasteiger partial charge in [0.15, 0.2) is 0 Å². The fraction of sp³-hybridized carbons (Fsp3) is 0.478. The number of aryl methyl sites for hydroxylation is 1. The van der Waals surface area contributed by atoms with E-state index in [-0.39, 0.29) is 0 Å². The molecule has 1 heterocycles. The summed E-state index contributed by atoms with van der Waals surface area (Å²) in [6, 6.07) is 14.4. The van der Waals surface area contributed by atoms with Gasteiger partial charge in [0.2, 0.25) is 0 Å². The van der Waals surface area contributed by atoms with Crippen LogP contribution in [0.15, 0.2) is 42.5 Å².